The van der Waals surface area contributed by atoms with E-state index in [0.29, 0.717) is 41.8 Å². The van der Waals surface area contributed by atoms with Crippen molar-refractivity contribution in [3.63, 3.8) is 0 Å². The highest BCUT2D eigenvalue weighted by atomic mass is 16.6. The van der Waals surface area contributed by atoms with Crippen LogP contribution in [0.2, 0.25) is 0 Å². The van der Waals surface area contributed by atoms with Crippen LogP contribution in [-0.4, -0.2) is 75.3 Å². The zero-order chi connectivity index (χ0) is 31.6. The van der Waals surface area contributed by atoms with E-state index in [0.717, 1.165) is 25.7 Å². The third-order valence-corrected chi connectivity index (χ3v) is 9.05. The van der Waals surface area contributed by atoms with E-state index in [1.54, 1.807) is 21.9 Å². The van der Waals surface area contributed by atoms with Crippen molar-refractivity contribution >= 4 is 22.9 Å². The van der Waals surface area contributed by atoms with Crippen molar-refractivity contribution in [1.29, 1.82) is 0 Å². The molecule has 240 valence electrons. The molecule has 13 nitrogen and oxygen atoms in total. The van der Waals surface area contributed by atoms with Crippen molar-refractivity contribution in [2.24, 2.45) is 5.73 Å². The smallest absolute Gasteiger partial charge is 0.227 e. The zero-order valence-corrected chi connectivity index (χ0v) is 25.7. The molecule has 0 radical (unpaired) electrons. The van der Waals surface area contributed by atoms with Crippen LogP contribution in [-0.2, 0) is 11.3 Å². The Morgan fingerprint density at radius 2 is 1.61 bits per heavy atom. The van der Waals surface area contributed by atoms with Crippen LogP contribution in [0.5, 0.6) is 0 Å². The minimum absolute atomic E-state index is 0.0528. The maximum atomic E-state index is 11.2. The summed E-state index contributed by atoms with van der Waals surface area (Å²) in [5.41, 5.74) is 9.51. The molecular weight excluding hydrogens is 584 g/mol. The van der Waals surface area contributed by atoms with Gasteiger partial charge in [-0.15, -0.1) is 0 Å². The Bertz CT molecular complexity index is 1700. The van der Waals surface area contributed by atoms with Crippen LogP contribution < -0.4 is 16.4 Å². The van der Waals surface area contributed by atoms with E-state index in [2.05, 4.69) is 50.0 Å². The van der Waals surface area contributed by atoms with Gasteiger partial charge >= 0.3 is 0 Å². The van der Waals surface area contributed by atoms with Crippen LogP contribution in [0, 0.1) is 0 Å². The first-order valence-corrected chi connectivity index (χ1v) is 16.0. The summed E-state index contributed by atoms with van der Waals surface area (Å²) in [6, 6.07) is 21.1. The molecule has 2 aromatic carbocycles. The average molecular weight is 625 g/mol. The number of imidazole rings is 1. The second-order valence-electron chi connectivity index (χ2n) is 12.1. The maximum Gasteiger partial charge on any atom is 0.227 e. The third kappa shape index (κ3) is 6.06. The van der Waals surface area contributed by atoms with E-state index in [1.165, 1.54) is 11.1 Å². The quantitative estimate of drug-likeness (QED) is 0.154. The van der Waals surface area contributed by atoms with Crippen LogP contribution in [0.3, 0.4) is 0 Å². The summed E-state index contributed by atoms with van der Waals surface area (Å²) in [4.78, 5) is 18.8. The van der Waals surface area contributed by atoms with Gasteiger partial charge in [0.2, 0.25) is 5.95 Å². The molecule has 5 aromatic rings. The molecule has 2 fully saturated rings. The molecule has 0 bridgehead atoms. The molecule has 6 N–H and O–H groups in total. The van der Waals surface area contributed by atoms with E-state index in [4.69, 9.17) is 20.4 Å². The summed E-state index contributed by atoms with van der Waals surface area (Å²) in [6.45, 7) is 3.12. The number of aliphatic hydroxyl groups is 2. The number of hydrogen-bond acceptors (Lipinski definition) is 11. The lowest BCUT2D eigenvalue weighted by molar-refractivity contribution is -0.0383. The van der Waals surface area contributed by atoms with Gasteiger partial charge in [0.25, 0.3) is 0 Å². The number of hydrogen-bond donors (Lipinski definition) is 5. The number of aryl methyl sites for hydroxylation is 1. The molecule has 1 saturated heterocycles. The normalized spacial score (nSPS) is 24.9. The molecular formula is C33H40N10O3. The minimum Gasteiger partial charge on any atom is -0.387 e. The fourth-order valence-electron chi connectivity index (χ4n) is 6.43. The molecule has 0 amide bonds. The first kappa shape index (κ1) is 30.2. The van der Waals surface area contributed by atoms with Crippen molar-refractivity contribution in [2.45, 2.75) is 81.7 Å². The van der Waals surface area contributed by atoms with Gasteiger partial charge in [-0.25, -0.2) is 9.97 Å². The number of rotatable bonds is 10. The van der Waals surface area contributed by atoms with Gasteiger partial charge in [-0.3, -0.25) is 9.25 Å². The van der Waals surface area contributed by atoms with Gasteiger partial charge in [0.15, 0.2) is 35.1 Å². The first-order valence-electron chi connectivity index (χ1n) is 16.0. The van der Waals surface area contributed by atoms with Gasteiger partial charge in [-0.1, -0.05) is 60.7 Å². The molecule has 7 rings (SSSR count). The van der Waals surface area contributed by atoms with E-state index >= 15 is 0 Å². The number of benzene rings is 2. The topological polar surface area (TPSA) is 174 Å². The van der Waals surface area contributed by atoms with Crippen molar-refractivity contribution < 1.29 is 14.9 Å². The minimum atomic E-state index is -1.26. The van der Waals surface area contributed by atoms with E-state index in [-0.39, 0.29) is 18.0 Å². The highest BCUT2D eigenvalue weighted by molar-refractivity contribution is 5.84. The number of aliphatic hydroxyl groups excluding tert-OH is 2. The van der Waals surface area contributed by atoms with Gasteiger partial charge in [-0.05, 0) is 43.7 Å². The molecule has 2 aliphatic rings. The second kappa shape index (κ2) is 13.1. The van der Waals surface area contributed by atoms with Gasteiger partial charge in [0.1, 0.15) is 18.5 Å². The van der Waals surface area contributed by atoms with Crippen molar-refractivity contribution in [3.8, 4) is 0 Å². The SMILES string of the molecule is CCn1cnc([C@H]2O[C@@H](n3cnc4c(NCC(c5ccccc5)c5ccccc5)nc(NC5CCC(N)CC5)nc43)[C@H](O)[C@@H]2O)n1. The largest absolute Gasteiger partial charge is 0.387 e. The Hall–Kier alpha value is -4.43. The number of nitrogens with two attached hydrogens (primary N) is 1. The fourth-order valence-corrected chi connectivity index (χ4v) is 6.43. The number of nitrogens with zero attached hydrogens (tertiary/aromatic N) is 7. The zero-order valence-electron chi connectivity index (χ0n) is 25.7. The molecule has 4 heterocycles. The molecule has 13 heteroatoms. The molecule has 1 aliphatic carbocycles. The number of aromatic nitrogens is 7. The Morgan fingerprint density at radius 3 is 2.26 bits per heavy atom. The number of ether oxygens (including phenoxy) is 1. The number of anilines is 2. The molecule has 46 heavy (non-hydrogen) atoms. The predicted octanol–water partition coefficient (Wildman–Crippen LogP) is 3.36. The van der Waals surface area contributed by atoms with Gasteiger partial charge < -0.3 is 31.3 Å². The summed E-state index contributed by atoms with van der Waals surface area (Å²) >= 11 is 0. The van der Waals surface area contributed by atoms with Crippen molar-refractivity contribution in [2.75, 3.05) is 17.2 Å². The molecule has 1 aliphatic heterocycles. The van der Waals surface area contributed by atoms with Gasteiger partial charge in [0, 0.05) is 31.1 Å². The summed E-state index contributed by atoms with van der Waals surface area (Å²) in [5, 5.41) is 33.6. The monoisotopic (exact) mass is 624 g/mol. The van der Waals surface area contributed by atoms with Gasteiger partial charge in [0.05, 0.1) is 6.33 Å². The fraction of sp³-hybridized carbons (Fsp3) is 0.424. The summed E-state index contributed by atoms with van der Waals surface area (Å²) in [5.74, 6) is 1.37. The Morgan fingerprint density at radius 1 is 0.913 bits per heavy atom. The number of nitrogens with one attached hydrogen (secondary N) is 2. The van der Waals surface area contributed by atoms with E-state index < -0.39 is 24.5 Å². The molecule has 1 saturated carbocycles. The van der Waals surface area contributed by atoms with Crippen molar-refractivity contribution in [1.82, 2.24) is 34.3 Å². The lowest BCUT2D eigenvalue weighted by atomic mass is 9.91. The standard InChI is InChI=1S/C33H40N10O3/c1-2-42-18-37-30(41-42)28-26(44)27(45)32(46-28)43-19-36-25-29(39-33(40-31(25)43)38-23-15-13-22(34)14-16-23)35-17-24(20-9-5-3-6-10-20)21-11-7-4-8-12-21/h3-12,18-19,22-24,26-28,32,44-45H,2,13-17,34H2,1H3,(H2,35,38,39,40)/t22?,23?,26-,27+,28-,32+/m0/s1. The van der Waals surface area contributed by atoms with Crippen LogP contribution in [0.4, 0.5) is 11.8 Å². The first-order chi connectivity index (χ1) is 22.5. The highest BCUT2D eigenvalue weighted by Gasteiger charge is 2.47. The van der Waals surface area contributed by atoms with E-state index in [1.807, 2.05) is 43.3 Å². The predicted molar refractivity (Wildman–Crippen MR) is 173 cm³/mol. The summed E-state index contributed by atoms with van der Waals surface area (Å²) < 4.78 is 9.51. The van der Waals surface area contributed by atoms with E-state index in [9.17, 15) is 10.2 Å². The molecule has 0 spiro atoms. The highest BCUT2D eigenvalue weighted by Crippen LogP contribution is 2.39. The molecule has 0 unspecified atom stereocenters. The lowest BCUT2D eigenvalue weighted by Gasteiger charge is -2.27. The van der Waals surface area contributed by atoms with Crippen molar-refractivity contribution in [3.05, 3.63) is 90.3 Å². The Balaban J connectivity index is 1.23. The molecule has 4 atom stereocenters. The Labute approximate surface area is 266 Å². The Kier molecular flexibility index (Phi) is 8.63. The van der Waals surface area contributed by atoms with Crippen LogP contribution >= 0.6 is 0 Å². The molecule has 3 aromatic heterocycles. The lowest BCUT2D eigenvalue weighted by Crippen LogP contribution is -2.33. The maximum absolute atomic E-state index is 11.2. The van der Waals surface area contributed by atoms with Crippen LogP contribution in [0.15, 0.2) is 73.3 Å². The average Bonchev–Trinajstić information content (AvgIpc) is 3.81. The van der Waals surface area contributed by atoms with Gasteiger partial charge in [-0.2, -0.15) is 15.1 Å². The third-order valence-electron chi connectivity index (χ3n) is 9.05. The van der Waals surface area contributed by atoms with Crippen LogP contribution in [0.1, 0.15) is 67.8 Å². The summed E-state index contributed by atoms with van der Waals surface area (Å²) in [6.07, 6.45) is 2.47. The summed E-state index contributed by atoms with van der Waals surface area (Å²) in [7, 11) is 0. The number of fused-ring (bicyclic) bond motifs is 1. The second-order valence-corrected chi connectivity index (χ2v) is 12.1. The van der Waals surface area contributed by atoms with Crippen LogP contribution in [0.25, 0.3) is 11.2 Å².